The molecule has 2 aromatic carbocycles. The van der Waals surface area contributed by atoms with E-state index in [1.165, 1.54) is 0 Å². The molecule has 2 aromatic heterocycles. The zero-order valence-corrected chi connectivity index (χ0v) is 19.9. The highest BCUT2D eigenvalue weighted by atomic mass is 32.1. The van der Waals surface area contributed by atoms with Crippen LogP contribution in [0, 0.1) is 6.92 Å². The molecule has 7 nitrogen and oxygen atoms in total. The molecule has 0 bridgehead atoms. The van der Waals surface area contributed by atoms with Gasteiger partial charge in [-0.25, -0.2) is 4.79 Å². The number of hydrogen-bond donors (Lipinski definition) is 1. The second-order valence-electron chi connectivity index (χ2n) is 8.11. The lowest BCUT2D eigenvalue weighted by molar-refractivity contribution is 0.203. The first kappa shape index (κ1) is 21.9. The molecular formula is C26H24N4O3S. The van der Waals surface area contributed by atoms with Gasteiger partial charge in [0.2, 0.25) is 5.82 Å². The summed E-state index contributed by atoms with van der Waals surface area (Å²) < 4.78 is 11.1. The van der Waals surface area contributed by atoms with Crippen molar-refractivity contribution in [3.63, 3.8) is 0 Å². The molecule has 1 aliphatic heterocycles. The Morgan fingerprint density at radius 3 is 2.65 bits per heavy atom. The Bertz CT molecular complexity index is 1340. The Labute approximate surface area is 201 Å². The smallest absolute Gasteiger partial charge is 0.322 e. The number of nitrogens with one attached hydrogen (secondary N) is 1. The number of ether oxygens (including phenoxy) is 1. The number of aryl methyl sites for hydroxylation is 1. The molecule has 1 atom stereocenters. The lowest BCUT2D eigenvalue weighted by Crippen LogP contribution is -2.45. The highest BCUT2D eigenvalue weighted by Crippen LogP contribution is 2.38. The van der Waals surface area contributed by atoms with Crippen molar-refractivity contribution in [2.75, 3.05) is 7.11 Å². The third kappa shape index (κ3) is 4.20. The summed E-state index contributed by atoms with van der Waals surface area (Å²) in [5.74, 6) is 1.63. The summed E-state index contributed by atoms with van der Waals surface area (Å²) in [6.07, 6.45) is 0. The van der Waals surface area contributed by atoms with Crippen LogP contribution in [0.3, 0.4) is 0 Å². The molecule has 1 N–H and O–H groups in total. The van der Waals surface area contributed by atoms with Crippen LogP contribution in [-0.4, -0.2) is 28.2 Å². The molecule has 0 saturated carbocycles. The number of amides is 2. The number of aromatic nitrogens is 2. The zero-order chi connectivity index (χ0) is 23.7. The van der Waals surface area contributed by atoms with Crippen LogP contribution in [0.15, 0.2) is 76.3 Å². The lowest BCUT2D eigenvalue weighted by Gasteiger charge is -2.35. The van der Waals surface area contributed by atoms with Crippen LogP contribution < -0.4 is 10.1 Å². The fraction of sp³-hybridized carbons (Fsp3) is 0.192. The predicted molar refractivity (Wildman–Crippen MR) is 131 cm³/mol. The van der Waals surface area contributed by atoms with E-state index in [2.05, 4.69) is 10.5 Å². The number of carbonyl (C=O) groups is 1. The second-order valence-corrected chi connectivity index (χ2v) is 9.15. The van der Waals surface area contributed by atoms with Crippen molar-refractivity contribution in [2.24, 2.45) is 0 Å². The average molecular weight is 473 g/mol. The summed E-state index contributed by atoms with van der Waals surface area (Å²) in [4.78, 5) is 20.7. The van der Waals surface area contributed by atoms with Gasteiger partial charge in [-0.3, -0.25) is 4.90 Å². The highest BCUT2D eigenvalue weighted by Gasteiger charge is 2.36. The number of methoxy groups -OCH3 is 1. The topological polar surface area (TPSA) is 80.5 Å². The fourth-order valence-corrected chi connectivity index (χ4v) is 4.78. The minimum atomic E-state index is -0.441. The van der Waals surface area contributed by atoms with E-state index in [4.69, 9.17) is 14.2 Å². The molecule has 0 spiro atoms. The van der Waals surface area contributed by atoms with Crippen LogP contribution in [0.1, 0.15) is 34.9 Å². The van der Waals surface area contributed by atoms with Crippen molar-refractivity contribution in [3.8, 4) is 17.1 Å². The summed E-state index contributed by atoms with van der Waals surface area (Å²) in [6, 6.07) is 19.0. The van der Waals surface area contributed by atoms with Gasteiger partial charge in [0.25, 0.3) is 5.89 Å². The van der Waals surface area contributed by atoms with E-state index in [0.29, 0.717) is 18.3 Å². The molecule has 0 aliphatic carbocycles. The van der Waals surface area contributed by atoms with Gasteiger partial charge in [0.05, 0.1) is 25.3 Å². The molecule has 172 valence electrons. The lowest BCUT2D eigenvalue weighted by atomic mass is 9.94. The van der Waals surface area contributed by atoms with Gasteiger partial charge in [0, 0.05) is 16.1 Å². The summed E-state index contributed by atoms with van der Waals surface area (Å²) in [6.45, 7) is 4.41. The normalized spacial score (nSPS) is 16.0. The SMILES string of the molecule is COc1ccc(C2NC(=O)N(Cc3cccs3)C(C)=C2c2nc(-c3cccc(C)c3)no2)cc1. The van der Waals surface area contributed by atoms with Crippen molar-refractivity contribution in [1.29, 1.82) is 0 Å². The molecular weight excluding hydrogens is 448 g/mol. The summed E-state index contributed by atoms with van der Waals surface area (Å²) in [7, 11) is 1.63. The van der Waals surface area contributed by atoms with Crippen LogP contribution in [-0.2, 0) is 6.54 Å². The Morgan fingerprint density at radius 2 is 1.94 bits per heavy atom. The number of carbonyl (C=O) groups excluding carboxylic acids is 1. The van der Waals surface area contributed by atoms with Crippen LogP contribution in [0.5, 0.6) is 5.75 Å². The van der Waals surface area contributed by atoms with E-state index < -0.39 is 6.04 Å². The fourth-order valence-electron chi connectivity index (χ4n) is 4.09. The largest absolute Gasteiger partial charge is 0.497 e. The third-order valence-corrected chi connectivity index (χ3v) is 6.73. The highest BCUT2D eigenvalue weighted by molar-refractivity contribution is 7.09. The van der Waals surface area contributed by atoms with E-state index in [1.807, 2.05) is 79.9 Å². The second kappa shape index (κ2) is 9.15. The summed E-state index contributed by atoms with van der Waals surface area (Å²) in [5.41, 5.74) is 4.44. The molecule has 0 fully saturated rings. The minimum Gasteiger partial charge on any atom is -0.497 e. The maximum atomic E-state index is 13.2. The molecule has 0 saturated heterocycles. The number of rotatable bonds is 6. The Hall–Kier alpha value is -3.91. The third-order valence-electron chi connectivity index (χ3n) is 5.87. The summed E-state index contributed by atoms with van der Waals surface area (Å²) >= 11 is 1.61. The van der Waals surface area contributed by atoms with Crippen molar-refractivity contribution in [2.45, 2.75) is 26.4 Å². The molecule has 1 unspecified atom stereocenters. The maximum Gasteiger partial charge on any atom is 0.322 e. The predicted octanol–water partition coefficient (Wildman–Crippen LogP) is 5.81. The van der Waals surface area contributed by atoms with Gasteiger partial charge >= 0.3 is 6.03 Å². The zero-order valence-electron chi connectivity index (χ0n) is 19.1. The molecule has 5 rings (SSSR count). The number of benzene rings is 2. The van der Waals surface area contributed by atoms with Gasteiger partial charge in [-0.05, 0) is 49.1 Å². The molecule has 8 heteroatoms. The Kier molecular flexibility index (Phi) is 5.90. The van der Waals surface area contributed by atoms with Gasteiger partial charge in [-0.1, -0.05) is 47.1 Å². The van der Waals surface area contributed by atoms with E-state index in [1.54, 1.807) is 23.3 Å². The number of thiophene rings is 1. The van der Waals surface area contributed by atoms with Crippen molar-refractivity contribution < 1.29 is 14.1 Å². The van der Waals surface area contributed by atoms with Gasteiger partial charge < -0.3 is 14.6 Å². The van der Waals surface area contributed by atoms with Crippen LogP contribution in [0.25, 0.3) is 17.0 Å². The van der Waals surface area contributed by atoms with E-state index in [0.717, 1.165) is 38.6 Å². The van der Waals surface area contributed by atoms with Gasteiger partial charge in [-0.15, -0.1) is 11.3 Å². The van der Waals surface area contributed by atoms with Gasteiger partial charge in [0.15, 0.2) is 0 Å². The van der Waals surface area contributed by atoms with Gasteiger partial charge in [-0.2, -0.15) is 4.98 Å². The van der Waals surface area contributed by atoms with Crippen molar-refractivity contribution in [3.05, 3.63) is 93.6 Å². The molecule has 1 aliphatic rings. The maximum absolute atomic E-state index is 13.2. The average Bonchev–Trinajstić information content (AvgIpc) is 3.54. The first-order valence-electron chi connectivity index (χ1n) is 10.9. The van der Waals surface area contributed by atoms with Crippen molar-refractivity contribution in [1.82, 2.24) is 20.4 Å². The van der Waals surface area contributed by atoms with Crippen LogP contribution in [0.4, 0.5) is 4.79 Å². The molecule has 34 heavy (non-hydrogen) atoms. The first-order chi connectivity index (χ1) is 16.5. The standard InChI is InChI=1S/C26H24N4O3S/c1-16-6-4-7-19(14-16)24-28-25(33-29-24)22-17(2)30(15-21-8-5-13-34-21)26(31)27-23(22)18-9-11-20(32-3)12-10-18/h4-14,23H,15H2,1-3H3,(H,27,31). The molecule has 4 aromatic rings. The Morgan fingerprint density at radius 1 is 1.12 bits per heavy atom. The van der Waals surface area contributed by atoms with E-state index in [9.17, 15) is 4.79 Å². The summed E-state index contributed by atoms with van der Waals surface area (Å²) in [5, 5.41) is 9.38. The van der Waals surface area contributed by atoms with Crippen molar-refractivity contribution >= 4 is 22.9 Å². The molecule has 2 amide bonds. The number of allylic oxidation sites excluding steroid dienone is 1. The Balaban J connectivity index is 1.59. The number of urea groups is 1. The number of nitrogens with zero attached hydrogens (tertiary/aromatic N) is 3. The van der Waals surface area contributed by atoms with Gasteiger partial charge in [0.1, 0.15) is 5.75 Å². The van der Waals surface area contributed by atoms with E-state index >= 15 is 0 Å². The quantitative estimate of drug-likeness (QED) is 0.383. The van der Waals surface area contributed by atoms with Crippen LogP contribution in [0.2, 0.25) is 0 Å². The molecule has 3 heterocycles. The monoisotopic (exact) mass is 472 g/mol. The first-order valence-corrected chi connectivity index (χ1v) is 11.8. The van der Waals surface area contributed by atoms with Crippen LogP contribution >= 0.6 is 11.3 Å². The number of hydrogen-bond acceptors (Lipinski definition) is 6. The molecule has 0 radical (unpaired) electrons. The van der Waals surface area contributed by atoms with E-state index in [-0.39, 0.29) is 6.03 Å². The minimum absolute atomic E-state index is 0.172.